The zero-order valence-electron chi connectivity index (χ0n) is 30.7. The number of carbonyl (C=O) groups is 4. The van der Waals surface area contributed by atoms with Crippen LogP contribution in [0.2, 0.25) is 0 Å². The van der Waals surface area contributed by atoms with Crippen molar-refractivity contribution in [3.05, 3.63) is 0 Å². The molecule has 0 saturated carbocycles. The highest BCUT2D eigenvalue weighted by Gasteiger charge is 2.57. The van der Waals surface area contributed by atoms with Crippen molar-refractivity contribution in [1.82, 2.24) is 10.6 Å². The first-order valence-electron chi connectivity index (χ1n) is 17.6. The van der Waals surface area contributed by atoms with Crippen LogP contribution in [0.25, 0.3) is 0 Å². The predicted octanol–water partition coefficient (Wildman–Crippen LogP) is -8.64. The third-order valence-corrected chi connectivity index (χ3v) is 9.57. The van der Waals surface area contributed by atoms with E-state index < -0.39 is 160 Å². The standard InChI is InChI=1S/C31H51N3O23/c1-8(37)33-12-14(39)20(49-3)10(6-35)51-28(12)55-23-17(42)19(44)31(57-25(23)27(47)48)53-21-11(7-36)52-29(13(15(21)40)34-9(2)38)54-22-16(41)18(43)30(50-5-4-32)56-24(22)26(45)46/h10-25,28-31,35-36,39-44H,4-7,32H2,1-3H3,(H,33,37)(H,34,38)(H,45,46)(H,47,48)/t10?,11?,12-,13-,14?,15?,16?,17?,18-,19-,20?,21?,22?,23?,24?,25?,28+,29+,30+,31+/m0/s1. The fourth-order valence-electron chi connectivity index (χ4n) is 6.88. The van der Waals surface area contributed by atoms with E-state index in [2.05, 4.69) is 10.6 Å². The highest BCUT2D eigenvalue weighted by molar-refractivity contribution is 5.74. The van der Waals surface area contributed by atoms with Crippen molar-refractivity contribution in [2.75, 3.05) is 33.5 Å². The van der Waals surface area contributed by atoms with Crippen LogP contribution in [0.4, 0.5) is 0 Å². The number of rotatable bonds is 16. The van der Waals surface area contributed by atoms with Gasteiger partial charge in [0.15, 0.2) is 37.4 Å². The van der Waals surface area contributed by atoms with Crippen LogP contribution in [0.3, 0.4) is 0 Å². The van der Waals surface area contributed by atoms with E-state index in [-0.39, 0.29) is 13.2 Å². The molecule has 0 bridgehead atoms. The van der Waals surface area contributed by atoms with Crippen LogP contribution in [-0.4, -0.2) is 231 Å². The molecule has 4 aliphatic heterocycles. The molecule has 0 aliphatic carbocycles. The zero-order valence-corrected chi connectivity index (χ0v) is 30.7. The maximum absolute atomic E-state index is 12.5. The minimum atomic E-state index is -2.22. The molecule has 2 amide bonds. The molecule has 4 saturated heterocycles. The number of nitrogens with one attached hydrogen (secondary N) is 2. The topological polar surface area (TPSA) is 404 Å². The highest BCUT2D eigenvalue weighted by atomic mass is 16.8. The van der Waals surface area contributed by atoms with E-state index in [0.717, 1.165) is 13.8 Å². The minimum absolute atomic E-state index is 0.0478. The Balaban J connectivity index is 1.56. The summed E-state index contributed by atoms with van der Waals surface area (Å²) in [4.78, 5) is 48.8. The number of carboxylic acids is 2. The lowest BCUT2D eigenvalue weighted by molar-refractivity contribution is -0.371. The van der Waals surface area contributed by atoms with E-state index in [4.69, 9.17) is 48.4 Å². The van der Waals surface area contributed by atoms with Gasteiger partial charge in [-0.25, -0.2) is 9.59 Å². The summed E-state index contributed by atoms with van der Waals surface area (Å²) in [7, 11) is 1.19. The van der Waals surface area contributed by atoms with Crippen LogP contribution in [0, 0.1) is 0 Å². The van der Waals surface area contributed by atoms with E-state index in [1.165, 1.54) is 7.11 Å². The Morgan fingerprint density at radius 3 is 1.39 bits per heavy atom. The van der Waals surface area contributed by atoms with Crippen molar-refractivity contribution in [3.63, 3.8) is 0 Å². The monoisotopic (exact) mass is 833 g/mol. The van der Waals surface area contributed by atoms with Crippen molar-refractivity contribution >= 4 is 23.8 Å². The van der Waals surface area contributed by atoms with Crippen molar-refractivity contribution in [3.8, 4) is 0 Å². The lowest BCUT2D eigenvalue weighted by Crippen LogP contribution is -2.70. The Morgan fingerprint density at radius 1 is 0.579 bits per heavy atom. The Morgan fingerprint density at radius 2 is 0.982 bits per heavy atom. The molecule has 14 N–H and O–H groups in total. The van der Waals surface area contributed by atoms with Crippen molar-refractivity contribution in [1.29, 1.82) is 0 Å². The molecule has 57 heavy (non-hydrogen) atoms. The van der Waals surface area contributed by atoms with E-state index in [9.17, 15) is 70.2 Å². The zero-order chi connectivity index (χ0) is 42.5. The van der Waals surface area contributed by atoms with Gasteiger partial charge in [0.25, 0.3) is 0 Å². The molecule has 0 spiro atoms. The Kier molecular flexibility index (Phi) is 16.8. The average molecular weight is 834 g/mol. The fraction of sp³-hybridized carbons (Fsp3) is 0.871. The van der Waals surface area contributed by atoms with Gasteiger partial charge in [0.05, 0.1) is 19.8 Å². The first-order chi connectivity index (χ1) is 26.9. The molecule has 4 heterocycles. The number of hydrogen-bond donors (Lipinski definition) is 13. The molecule has 0 aromatic rings. The predicted molar refractivity (Wildman–Crippen MR) is 176 cm³/mol. The maximum atomic E-state index is 12.5. The number of carbonyl (C=O) groups excluding carboxylic acids is 2. The number of ether oxygens (including phenoxy) is 9. The van der Waals surface area contributed by atoms with Gasteiger partial charge in [0, 0.05) is 27.5 Å². The Hall–Kier alpha value is -2.84. The fourth-order valence-corrected chi connectivity index (χ4v) is 6.88. The van der Waals surface area contributed by atoms with Gasteiger partial charge in [-0.15, -0.1) is 0 Å². The summed E-state index contributed by atoms with van der Waals surface area (Å²) in [5.41, 5.74) is 5.38. The molecule has 12 unspecified atom stereocenters. The molecule has 328 valence electrons. The number of aliphatic hydroxyl groups is 8. The molecule has 26 heteroatoms. The van der Waals surface area contributed by atoms with E-state index in [1.54, 1.807) is 0 Å². The van der Waals surface area contributed by atoms with Gasteiger partial charge in [-0.2, -0.15) is 0 Å². The summed E-state index contributed by atoms with van der Waals surface area (Å²) < 4.78 is 49.5. The second-order valence-electron chi connectivity index (χ2n) is 13.5. The van der Waals surface area contributed by atoms with Gasteiger partial charge in [0.1, 0.15) is 85.3 Å². The van der Waals surface area contributed by atoms with Crippen LogP contribution in [0.15, 0.2) is 0 Å². The van der Waals surface area contributed by atoms with Gasteiger partial charge >= 0.3 is 11.9 Å². The molecule has 4 fully saturated rings. The molecular formula is C31H51N3O23. The maximum Gasteiger partial charge on any atom is 0.335 e. The number of carboxylic acid groups (broad SMARTS) is 2. The van der Waals surface area contributed by atoms with Crippen LogP contribution in [0.1, 0.15) is 13.8 Å². The SMILES string of the molecule is COC1C(CO)O[C@H](OC2C(C(=O)O)O[C@@H](OC3C(CO)O[C@H](OC4C(C(=O)O)O[C@@H](OCCN)[C@@H](O)C4O)[C@@H](NC(C)=O)C3O)[C@@H](O)C2O)[C@@H](NC(C)=O)C1O. The van der Waals surface area contributed by atoms with Crippen molar-refractivity contribution < 1.29 is 113 Å². The molecule has 4 aliphatic rings. The smallest absolute Gasteiger partial charge is 0.335 e. The average Bonchev–Trinajstić information content (AvgIpc) is 3.15. The van der Waals surface area contributed by atoms with Crippen LogP contribution in [0.5, 0.6) is 0 Å². The second kappa shape index (κ2) is 20.4. The van der Waals surface area contributed by atoms with Gasteiger partial charge < -0.3 is 110 Å². The summed E-state index contributed by atoms with van der Waals surface area (Å²) in [6, 6.07) is -3.21. The quantitative estimate of drug-likeness (QED) is 0.0686. The number of nitrogens with two attached hydrogens (primary N) is 1. The molecule has 20 atom stereocenters. The van der Waals surface area contributed by atoms with Crippen molar-refractivity contribution in [2.24, 2.45) is 5.73 Å². The van der Waals surface area contributed by atoms with Gasteiger partial charge in [-0.05, 0) is 0 Å². The molecule has 0 radical (unpaired) electrons. The highest BCUT2D eigenvalue weighted by Crippen LogP contribution is 2.35. The number of hydrogen-bond acceptors (Lipinski definition) is 22. The second-order valence-corrected chi connectivity index (χ2v) is 13.5. The third-order valence-electron chi connectivity index (χ3n) is 9.57. The Labute approximate surface area is 323 Å². The number of methoxy groups -OCH3 is 1. The molecule has 0 aromatic carbocycles. The van der Waals surface area contributed by atoms with Gasteiger partial charge in [-0.3, -0.25) is 9.59 Å². The van der Waals surface area contributed by atoms with Gasteiger partial charge in [0.2, 0.25) is 11.8 Å². The van der Waals surface area contributed by atoms with E-state index >= 15 is 0 Å². The summed E-state index contributed by atoms with van der Waals surface area (Å²) in [5.74, 6) is -5.02. The first kappa shape index (κ1) is 46.8. The number of aliphatic carboxylic acids is 2. The van der Waals surface area contributed by atoms with Crippen LogP contribution in [-0.2, 0) is 61.8 Å². The lowest BCUT2D eigenvalue weighted by Gasteiger charge is -2.49. The lowest BCUT2D eigenvalue weighted by atomic mass is 9.94. The molecule has 26 nitrogen and oxygen atoms in total. The number of aliphatic hydroxyl groups excluding tert-OH is 8. The number of amides is 2. The molecule has 4 rings (SSSR count). The van der Waals surface area contributed by atoms with Crippen molar-refractivity contribution in [2.45, 2.75) is 137 Å². The Bertz CT molecular complexity index is 1370. The normalized spacial score (nSPS) is 43.9. The van der Waals surface area contributed by atoms with E-state index in [0.29, 0.717) is 0 Å². The summed E-state index contributed by atoms with van der Waals surface area (Å²) >= 11 is 0. The third kappa shape index (κ3) is 10.5. The van der Waals surface area contributed by atoms with E-state index in [1.807, 2.05) is 0 Å². The molecule has 0 aromatic heterocycles. The first-order valence-corrected chi connectivity index (χ1v) is 17.6. The summed E-state index contributed by atoms with van der Waals surface area (Å²) in [6.07, 6.45) is -33.8. The minimum Gasteiger partial charge on any atom is -0.479 e. The van der Waals surface area contributed by atoms with Crippen LogP contribution >= 0.6 is 0 Å². The summed E-state index contributed by atoms with van der Waals surface area (Å²) in [5, 5.41) is 111. The largest absolute Gasteiger partial charge is 0.479 e. The van der Waals surface area contributed by atoms with Gasteiger partial charge in [-0.1, -0.05) is 0 Å². The summed E-state index contributed by atoms with van der Waals surface area (Å²) in [6.45, 7) is 0.0845. The van der Waals surface area contributed by atoms with Crippen LogP contribution < -0.4 is 16.4 Å². The molecular weight excluding hydrogens is 782 g/mol.